The highest BCUT2D eigenvalue weighted by molar-refractivity contribution is 8.14. The number of carbonyl (C=O) groups excluding carboxylic acids is 1. The van der Waals surface area contributed by atoms with Gasteiger partial charge in [0.05, 0.1) is 12.8 Å². The van der Waals surface area contributed by atoms with E-state index in [-0.39, 0.29) is 12.5 Å². The van der Waals surface area contributed by atoms with Gasteiger partial charge in [0, 0.05) is 18.4 Å². The number of carbonyl (C=O) groups is 1. The van der Waals surface area contributed by atoms with Crippen LogP contribution in [0, 0.1) is 0 Å². The minimum Gasteiger partial charge on any atom is -0.497 e. The molecule has 0 spiro atoms. The molecule has 2 aromatic carbocycles. The predicted octanol–water partition coefficient (Wildman–Crippen LogP) is 5.46. The van der Waals surface area contributed by atoms with Crippen LogP contribution in [0.15, 0.2) is 59.2 Å². The predicted molar refractivity (Wildman–Crippen MR) is 130 cm³/mol. The van der Waals surface area contributed by atoms with Crippen molar-refractivity contribution < 1.29 is 14.6 Å². The minimum atomic E-state index is -0.140. The minimum absolute atomic E-state index is 0.140. The molecule has 0 radical (unpaired) electrons. The van der Waals surface area contributed by atoms with Gasteiger partial charge < -0.3 is 9.84 Å². The second-order valence-corrected chi connectivity index (χ2v) is 8.78. The maximum absolute atomic E-state index is 13.3. The first kappa shape index (κ1) is 23.1. The van der Waals surface area contributed by atoms with Crippen molar-refractivity contribution in [3.63, 3.8) is 0 Å². The van der Waals surface area contributed by atoms with Gasteiger partial charge in [-0.05, 0) is 48.1 Å². The number of unbranched alkanes of at least 4 members (excludes halogenated alkanes) is 2. The van der Waals surface area contributed by atoms with Crippen molar-refractivity contribution in [2.75, 3.05) is 24.4 Å². The van der Waals surface area contributed by atoms with Crippen molar-refractivity contribution in [2.24, 2.45) is 4.99 Å². The number of anilines is 1. The van der Waals surface area contributed by atoms with E-state index in [0.717, 1.165) is 36.3 Å². The van der Waals surface area contributed by atoms with Crippen molar-refractivity contribution in [3.8, 4) is 5.75 Å². The van der Waals surface area contributed by atoms with E-state index in [9.17, 15) is 4.79 Å². The summed E-state index contributed by atoms with van der Waals surface area (Å²) >= 11 is 1.57. The van der Waals surface area contributed by atoms with Crippen LogP contribution in [-0.4, -0.2) is 35.7 Å². The first-order valence-electron chi connectivity index (χ1n) is 10.7. The second kappa shape index (κ2) is 11.2. The number of methoxy groups -OCH3 is 1. The third-order valence-corrected chi connectivity index (χ3v) is 6.11. The molecule has 31 heavy (non-hydrogen) atoms. The second-order valence-electron chi connectivity index (χ2n) is 7.72. The van der Waals surface area contributed by atoms with Crippen molar-refractivity contribution in [1.82, 2.24) is 0 Å². The molecule has 0 unspecified atom stereocenters. The summed E-state index contributed by atoms with van der Waals surface area (Å²) in [7, 11) is 1.61. The van der Waals surface area contributed by atoms with Gasteiger partial charge in [-0.25, -0.2) is 4.99 Å². The first-order valence-corrected chi connectivity index (χ1v) is 11.6. The van der Waals surface area contributed by atoms with Gasteiger partial charge in [0.2, 0.25) is 0 Å². The molecule has 6 heteroatoms. The van der Waals surface area contributed by atoms with Gasteiger partial charge in [-0.15, -0.1) is 0 Å². The average molecular weight is 439 g/mol. The van der Waals surface area contributed by atoms with E-state index in [1.165, 1.54) is 5.56 Å². The number of hydrogen-bond donors (Lipinski definition) is 1. The van der Waals surface area contributed by atoms with Gasteiger partial charge in [0.25, 0.3) is 5.91 Å². The van der Waals surface area contributed by atoms with Crippen LogP contribution in [0.3, 0.4) is 0 Å². The number of benzene rings is 2. The Morgan fingerprint density at radius 2 is 1.90 bits per heavy atom. The zero-order valence-corrected chi connectivity index (χ0v) is 19.2. The summed E-state index contributed by atoms with van der Waals surface area (Å²) in [5, 5.41) is 9.64. The monoisotopic (exact) mass is 438 g/mol. The normalized spacial score (nSPS) is 15.1. The van der Waals surface area contributed by atoms with Crippen LogP contribution >= 0.6 is 11.8 Å². The molecule has 0 saturated carbocycles. The van der Waals surface area contributed by atoms with E-state index in [0.29, 0.717) is 22.5 Å². The average Bonchev–Trinajstić information content (AvgIpc) is 3.08. The maximum Gasteiger partial charge on any atom is 0.283 e. The fraction of sp³-hybridized carbons (Fsp3) is 0.360. The number of aliphatic hydroxyl groups is 1. The Bertz CT molecular complexity index is 951. The van der Waals surface area contributed by atoms with Crippen molar-refractivity contribution >= 4 is 34.6 Å². The molecule has 1 N–H and O–H groups in total. The molecular formula is C25H30N2O3S. The number of aliphatic hydroxyl groups excluding tert-OH is 1. The van der Waals surface area contributed by atoms with Crippen LogP contribution in [-0.2, 0) is 4.79 Å². The Hall–Kier alpha value is -2.57. The molecule has 0 aromatic heterocycles. The zero-order chi connectivity index (χ0) is 22.2. The standard InChI is InChI=1S/C25H30N2O3S/c1-18(2)20-12-10-19(11-13-20)16-23-24(29)27(21-8-7-9-22(17-21)30-3)25(26-23)31-15-6-4-5-14-28/h7-13,16-18,28H,4-6,14-15H2,1-3H3/b23-16-. The Kier molecular flexibility index (Phi) is 8.32. The van der Waals surface area contributed by atoms with Gasteiger partial charge >= 0.3 is 0 Å². The molecule has 0 aliphatic carbocycles. The molecule has 0 bridgehead atoms. The van der Waals surface area contributed by atoms with E-state index in [1.54, 1.807) is 23.8 Å². The lowest BCUT2D eigenvalue weighted by molar-refractivity contribution is -0.113. The number of amides is 1. The summed E-state index contributed by atoms with van der Waals surface area (Å²) in [6.45, 7) is 4.53. The summed E-state index contributed by atoms with van der Waals surface area (Å²) in [5.41, 5.74) is 3.39. The number of ether oxygens (including phenoxy) is 1. The van der Waals surface area contributed by atoms with Gasteiger partial charge in [-0.2, -0.15) is 0 Å². The summed E-state index contributed by atoms with van der Waals surface area (Å²) in [6.07, 6.45) is 4.55. The van der Waals surface area contributed by atoms with E-state index >= 15 is 0 Å². The number of rotatable bonds is 9. The van der Waals surface area contributed by atoms with E-state index in [2.05, 4.69) is 31.0 Å². The molecule has 0 saturated heterocycles. The topological polar surface area (TPSA) is 62.1 Å². The van der Waals surface area contributed by atoms with Gasteiger partial charge in [-0.3, -0.25) is 9.69 Å². The van der Waals surface area contributed by atoms with Crippen molar-refractivity contribution in [3.05, 3.63) is 65.4 Å². The zero-order valence-electron chi connectivity index (χ0n) is 18.4. The number of amidine groups is 1. The van der Waals surface area contributed by atoms with E-state index in [4.69, 9.17) is 9.84 Å². The quantitative estimate of drug-likeness (QED) is 0.417. The molecule has 1 aliphatic rings. The summed E-state index contributed by atoms with van der Waals surface area (Å²) in [4.78, 5) is 19.6. The number of aliphatic imine (C=N–C) groups is 1. The molecule has 0 atom stereocenters. The van der Waals surface area contributed by atoms with Gasteiger partial charge in [-0.1, -0.05) is 62.4 Å². The molecule has 5 nitrogen and oxygen atoms in total. The molecule has 2 aromatic rings. The third-order valence-electron chi connectivity index (χ3n) is 5.08. The fourth-order valence-corrected chi connectivity index (χ4v) is 4.27. The lowest BCUT2D eigenvalue weighted by Crippen LogP contribution is -2.30. The molecule has 3 rings (SSSR count). The van der Waals surface area contributed by atoms with Gasteiger partial charge in [0.1, 0.15) is 11.4 Å². The maximum atomic E-state index is 13.3. The Balaban J connectivity index is 1.86. The lowest BCUT2D eigenvalue weighted by Gasteiger charge is -2.18. The van der Waals surface area contributed by atoms with Crippen LogP contribution in [0.1, 0.15) is 50.2 Å². The number of thioether (sulfide) groups is 1. The number of hydrogen-bond acceptors (Lipinski definition) is 5. The summed E-state index contributed by atoms with van der Waals surface area (Å²) in [5.74, 6) is 1.85. The number of nitrogens with zero attached hydrogens (tertiary/aromatic N) is 2. The molecule has 1 heterocycles. The molecule has 1 aliphatic heterocycles. The molecule has 164 valence electrons. The largest absolute Gasteiger partial charge is 0.497 e. The third kappa shape index (κ3) is 5.99. The Morgan fingerprint density at radius 3 is 2.58 bits per heavy atom. The Morgan fingerprint density at radius 1 is 1.13 bits per heavy atom. The summed E-state index contributed by atoms with van der Waals surface area (Å²) in [6, 6.07) is 15.7. The first-order chi connectivity index (χ1) is 15.0. The van der Waals surface area contributed by atoms with Crippen molar-refractivity contribution in [2.45, 2.75) is 39.0 Å². The molecule has 0 fully saturated rings. The van der Waals surface area contributed by atoms with E-state index in [1.807, 2.05) is 42.5 Å². The van der Waals surface area contributed by atoms with E-state index < -0.39 is 0 Å². The Labute approximate surface area is 188 Å². The highest BCUT2D eigenvalue weighted by Crippen LogP contribution is 2.31. The SMILES string of the molecule is COc1cccc(N2C(=O)/C(=C/c3ccc(C(C)C)cc3)N=C2SCCCCCO)c1. The van der Waals surface area contributed by atoms with Crippen LogP contribution in [0.25, 0.3) is 6.08 Å². The summed E-state index contributed by atoms with van der Waals surface area (Å²) < 4.78 is 5.34. The van der Waals surface area contributed by atoms with Crippen LogP contribution < -0.4 is 9.64 Å². The highest BCUT2D eigenvalue weighted by atomic mass is 32.2. The van der Waals surface area contributed by atoms with Crippen molar-refractivity contribution in [1.29, 1.82) is 0 Å². The van der Waals surface area contributed by atoms with Crippen LogP contribution in [0.5, 0.6) is 5.75 Å². The van der Waals surface area contributed by atoms with Crippen LogP contribution in [0.4, 0.5) is 5.69 Å². The smallest absolute Gasteiger partial charge is 0.283 e. The highest BCUT2D eigenvalue weighted by Gasteiger charge is 2.32. The van der Waals surface area contributed by atoms with Crippen LogP contribution in [0.2, 0.25) is 0 Å². The van der Waals surface area contributed by atoms with Gasteiger partial charge in [0.15, 0.2) is 5.17 Å². The fourth-order valence-electron chi connectivity index (χ4n) is 3.26. The lowest BCUT2D eigenvalue weighted by atomic mass is 10.0. The molecule has 1 amide bonds. The molecular weight excluding hydrogens is 408 g/mol.